The van der Waals surface area contributed by atoms with Gasteiger partial charge in [-0.05, 0) is 77.0 Å². The van der Waals surface area contributed by atoms with Crippen LogP contribution in [0.1, 0.15) is 23.6 Å². The van der Waals surface area contributed by atoms with E-state index in [0.717, 1.165) is 14.0 Å². The van der Waals surface area contributed by atoms with E-state index >= 15 is 0 Å². The Morgan fingerprint density at radius 3 is 2.54 bits per heavy atom. The number of amides is 3. The molecule has 0 spiro atoms. The monoisotopic (exact) mass is 606 g/mol. The predicted molar refractivity (Wildman–Crippen MR) is 140 cm³/mol. The number of hydrogen-bond donors (Lipinski definition) is 1. The zero-order valence-electron chi connectivity index (χ0n) is 18.7. The molecular weight excluding hydrogens is 586 g/mol. The van der Waals surface area contributed by atoms with Crippen molar-refractivity contribution < 1.29 is 23.5 Å². The smallest absolute Gasteiger partial charge is 0.329 e. The Labute approximate surface area is 220 Å². The molecule has 1 aliphatic rings. The molecule has 0 bridgehead atoms. The Morgan fingerprint density at radius 2 is 1.83 bits per heavy atom. The molecule has 1 aliphatic heterocycles. The van der Waals surface area contributed by atoms with Crippen LogP contribution in [0, 0.1) is 9.39 Å². The maximum atomic E-state index is 14.0. The summed E-state index contributed by atoms with van der Waals surface area (Å²) < 4.78 is 26.8. The first-order valence-electron chi connectivity index (χ1n) is 10.8. The van der Waals surface area contributed by atoms with Gasteiger partial charge in [0.1, 0.15) is 18.1 Å². The van der Waals surface area contributed by atoms with Crippen LogP contribution in [0.15, 0.2) is 66.4 Å². The number of nitrogens with one attached hydrogen (secondary N) is 1. The molecule has 1 saturated heterocycles. The van der Waals surface area contributed by atoms with E-state index in [2.05, 4.69) is 27.9 Å². The molecule has 6 nitrogen and oxygen atoms in total. The van der Waals surface area contributed by atoms with Crippen molar-refractivity contribution in [2.24, 2.45) is 0 Å². The first-order valence-corrected chi connectivity index (χ1v) is 12.2. The summed E-state index contributed by atoms with van der Waals surface area (Å²) in [5.74, 6) is -0.250. The second-order valence-electron chi connectivity index (χ2n) is 7.65. The number of halogens is 3. The van der Waals surface area contributed by atoms with Gasteiger partial charge in [0.2, 0.25) is 0 Å². The quantitative estimate of drug-likeness (QED) is 0.190. The minimum absolute atomic E-state index is 0.0532. The molecule has 4 rings (SSSR count). The van der Waals surface area contributed by atoms with Crippen molar-refractivity contribution in [3.05, 3.63) is 97.5 Å². The summed E-state index contributed by atoms with van der Waals surface area (Å²) in [7, 11) is 0. The van der Waals surface area contributed by atoms with Crippen molar-refractivity contribution in [2.45, 2.75) is 20.1 Å². The summed E-state index contributed by atoms with van der Waals surface area (Å²) in [6, 6.07) is 16.6. The molecular formula is C26H21ClFIN2O4. The second kappa shape index (κ2) is 11.1. The molecule has 1 fully saturated rings. The van der Waals surface area contributed by atoms with Crippen molar-refractivity contribution in [2.75, 3.05) is 6.61 Å². The predicted octanol–water partition coefficient (Wildman–Crippen LogP) is 6.15. The number of rotatable bonds is 8. The van der Waals surface area contributed by atoms with Crippen LogP contribution in [0.2, 0.25) is 5.02 Å². The van der Waals surface area contributed by atoms with Gasteiger partial charge in [0.05, 0.1) is 18.2 Å². The molecule has 0 aliphatic carbocycles. The third-order valence-electron chi connectivity index (χ3n) is 5.19. The van der Waals surface area contributed by atoms with Gasteiger partial charge in [-0.15, -0.1) is 0 Å². The van der Waals surface area contributed by atoms with E-state index < -0.39 is 17.8 Å². The van der Waals surface area contributed by atoms with E-state index in [0.29, 0.717) is 35.3 Å². The summed E-state index contributed by atoms with van der Waals surface area (Å²) in [6.07, 6.45) is 1.50. The van der Waals surface area contributed by atoms with E-state index in [4.69, 9.17) is 21.1 Å². The minimum Gasteiger partial charge on any atom is -0.490 e. The van der Waals surface area contributed by atoms with Gasteiger partial charge in [0.25, 0.3) is 5.91 Å². The van der Waals surface area contributed by atoms with Gasteiger partial charge in [0.15, 0.2) is 11.5 Å². The molecule has 0 radical (unpaired) electrons. The Balaban J connectivity index is 1.55. The van der Waals surface area contributed by atoms with Gasteiger partial charge >= 0.3 is 6.03 Å². The summed E-state index contributed by atoms with van der Waals surface area (Å²) in [6.45, 7) is 2.34. The lowest BCUT2D eigenvalue weighted by Gasteiger charge is -2.15. The normalized spacial score (nSPS) is 14.4. The van der Waals surface area contributed by atoms with Crippen molar-refractivity contribution in [3.8, 4) is 11.5 Å². The van der Waals surface area contributed by atoms with E-state index in [-0.39, 0.29) is 17.8 Å². The fraction of sp³-hybridized carbons (Fsp3) is 0.154. The van der Waals surface area contributed by atoms with Crippen LogP contribution in [0.5, 0.6) is 11.5 Å². The van der Waals surface area contributed by atoms with Crippen LogP contribution >= 0.6 is 34.2 Å². The highest BCUT2D eigenvalue weighted by Crippen LogP contribution is 2.38. The van der Waals surface area contributed by atoms with E-state index in [1.807, 2.05) is 31.2 Å². The van der Waals surface area contributed by atoms with Crippen molar-refractivity contribution in [1.82, 2.24) is 10.2 Å². The van der Waals surface area contributed by atoms with Crippen LogP contribution in [0.4, 0.5) is 9.18 Å². The van der Waals surface area contributed by atoms with Gasteiger partial charge in [0, 0.05) is 9.13 Å². The number of hydrogen-bond acceptors (Lipinski definition) is 4. The number of urea groups is 1. The van der Waals surface area contributed by atoms with Crippen molar-refractivity contribution in [1.29, 1.82) is 0 Å². The van der Waals surface area contributed by atoms with E-state index in [1.54, 1.807) is 24.3 Å². The van der Waals surface area contributed by atoms with Gasteiger partial charge in [-0.2, -0.15) is 0 Å². The molecule has 3 aromatic rings. The van der Waals surface area contributed by atoms with Gasteiger partial charge in [-0.3, -0.25) is 9.69 Å². The lowest BCUT2D eigenvalue weighted by molar-refractivity contribution is -0.123. The molecule has 0 saturated carbocycles. The highest BCUT2D eigenvalue weighted by Gasteiger charge is 2.34. The Morgan fingerprint density at radius 1 is 1.09 bits per heavy atom. The third-order valence-corrected chi connectivity index (χ3v) is 6.19. The molecule has 1 N–H and O–H groups in total. The number of carbonyl (C=O) groups is 2. The summed E-state index contributed by atoms with van der Waals surface area (Å²) >= 11 is 8.74. The van der Waals surface area contributed by atoms with Gasteiger partial charge in [-0.1, -0.05) is 41.9 Å². The maximum Gasteiger partial charge on any atom is 0.329 e. The van der Waals surface area contributed by atoms with E-state index in [9.17, 15) is 14.0 Å². The lowest BCUT2D eigenvalue weighted by atomic mass is 10.1. The lowest BCUT2D eigenvalue weighted by Crippen LogP contribution is -2.30. The maximum absolute atomic E-state index is 14.0. The highest BCUT2D eigenvalue weighted by atomic mass is 127. The Hall–Kier alpha value is -3.11. The molecule has 35 heavy (non-hydrogen) atoms. The van der Waals surface area contributed by atoms with Crippen LogP contribution in [0.3, 0.4) is 0 Å². The Bertz CT molecular complexity index is 1300. The summed E-state index contributed by atoms with van der Waals surface area (Å²) in [5, 5.41) is 2.84. The third kappa shape index (κ3) is 5.94. The molecule has 3 amide bonds. The second-order valence-corrected chi connectivity index (χ2v) is 9.30. The fourth-order valence-corrected chi connectivity index (χ4v) is 4.12. The van der Waals surface area contributed by atoms with Crippen LogP contribution in [-0.4, -0.2) is 23.4 Å². The number of carbonyl (C=O) groups excluding carboxylic acids is 2. The van der Waals surface area contributed by atoms with Crippen molar-refractivity contribution >= 4 is 52.2 Å². The number of benzene rings is 3. The highest BCUT2D eigenvalue weighted by molar-refractivity contribution is 14.1. The molecule has 0 atom stereocenters. The van der Waals surface area contributed by atoms with Crippen LogP contribution in [-0.2, 0) is 17.9 Å². The zero-order chi connectivity index (χ0) is 24.9. The zero-order valence-corrected chi connectivity index (χ0v) is 21.6. The molecule has 9 heteroatoms. The minimum atomic E-state index is -0.627. The first-order chi connectivity index (χ1) is 16.9. The topological polar surface area (TPSA) is 67.9 Å². The van der Waals surface area contributed by atoms with E-state index in [1.165, 1.54) is 18.2 Å². The standard InChI is InChI=1S/C26H21ClFIN2O4/c1-2-34-23-13-17(11-20(27)24(23)35-15-16-7-9-19(29)10-8-16)12-22-25(32)31(26(33)30-22)14-18-5-3-4-6-21(18)28/h3-13H,2,14-15H2,1H3,(H,30,33)/b22-12+. The molecule has 3 aromatic carbocycles. The molecule has 0 unspecified atom stereocenters. The summed E-state index contributed by atoms with van der Waals surface area (Å²) in [5.41, 5.74) is 1.81. The Kier molecular flexibility index (Phi) is 7.92. The number of ether oxygens (including phenoxy) is 2. The number of nitrogens with zero attached hydrogens (tertiary/aromatic N) is 1. The van der Waals surface area contributed by atoms with Crippen LogP contribution in [0.25, 0.3) is 6.08 Å². The average Bonchev–Trinajstić information content (AvgIpc) is 3.08. The summed E-state index contributed by atoms with van der Waals surface area (Å²) in [4.78, 5) is 26.2. The first kappa shape index (κ1) is 25.0. The SMILES string of the molecule is CCOc1cc(/C=C2/NC(=O)N(Cc3ccccc3F)C2=O)cc(Cl)c1OCc1ccc(I)cc1. The largest absolute Gasteiger partial charge is 0.490 e. The molecule has 180 valence electrons. The van der Waals surface area contributed by atoms with Crippen LogP contribution < -0.4 is 14.8 Å². The molecule has 1 heterocycles. The van der Waals surface area contributed by atoms with Gasteiger partial charge < -0.3 is 14.8 Å². The molecule has 0 aromatic heterocycles. The fourth-order valence-electron chi connectivity index (χ4n) is 3.49. The number of imide groups is 1. The van der Waals surface area contributed by atoms with Gasteiger partial charge in [-0.25, -0.2) is 9.18 Å². The van der Waals surface area contributed by atoms with Crippen molar-refractivity contribution in [3.63, 3.8) is 0 Å². The average molecular weight is 607 g/mol.